The largest absolute Gasteiger partial charge is 0.427 e. The Balaban J connectivity index is 1.63. The zero-order chi connectivity index (χ0) is 17.3. The molecule has 2 aromatic rings. The van der Waals surface area contributed by atoms with Crippen molar-refractivity contribution < 1.29 is 19.7 Å². The van der Waals surface area contributed by atoms with E-state index in [9.17, 15) is 15.0 Å². The number of benzene rings is 2. The molecule has 0 heterocycles. The zero-order valence-corrected chi connectivity index (χ0v) is 14.2. The highest BCUT2D eigenvalue weighted by Gasteiger charge is 2.69. The molecule has 2 saturated carbocycles. The number of esters is 1. The molecule has 0 saturated heterocycles. The maximum Gasteiger partial charge on any atom is 0.310 e. The van der Waals surface area contributed by atoms with Crippen LogP contribution in [0.4, 0.5) is 0 Å². The first kappa shape index (κ1) is 15.4. The van der Waals surface area contributed by atoms with E-state index in [1.807, 2.05) is 12.1 Å². The number of aliphatic hydroxyl groups is 2. The maximum absolute atomic E-state index is 11.5. The molecule has 130 valence electrons. The zero-order valence-electron chi connectivity index (χ0n) is 14.2. The van der Waals surface area contributed by atoms with E-state index in [1.165, 1.54) is 5.56 Å². The molecule has 0 aliphatic heterocycles. The quantitative estimate of drug-likeness (QED) is 0.652. The van der Waals surface area contributed by atoms with E-state index in [0.29, 0.717) is 24.5 Å². The van der Waals surface area contributed by atoms with E-state index in [0.717, 1.165) is 29.2 Å². The first-order valence-corrected chi connectivity index (χ1v) is 9.18. The van der Waals surface area contributed by atoms with Crippen molar-refractivity contribution in [2.75, 3.05) is 0 Å². The lowest BCUT2D eigenvalue weighted by Crippen LogP contribution is -2.34. The van der Waals surface area contributed by atoms with Crippen molar-refractivity contribution in [1.82, 2.24) is 0 Å². The summed E-state index contributed by atoms with van der Waals surface area (Å²) in [4.78, 5) is 11.5. The van der Waals surface area contributed by atoms with Crippen molar-refractivity contribution in [3.8, 4) is 5.75 Å². The van der Waals surface area contributed by atoms with Gasteiger partial charge >= 0.3 is 5.97 Å². The monoisotopic (exact) mass is 338 g/mol. The van der Waals surface area contributed by atoms with Gasteiger partial charge in [0.1, 0.15) is 5.75 Å². The van der Waals surface area contributed by atoms with Crippen LogP contribution in [0.2, 0.25) is 0 Å². The van der Waals surface area contributed by atoms with Crippen LogP contribution in [0.25, 0.3) is 10.8 Å². The molecule has 1 unspecified atom stereocenters. The number of ether oxygens (including phenoxy) is 1. The molecule has 2 fully saturated rings. The van der Waals surface area contributed by atoms with Gasteiger partial charge in [0.05, 0.1) is 12.2 Å². The van der Waals surface area contributed by atoms with E-state index in [1.54, 1.807) is 13.0 Å². The Labute approximate surface area is 146 Å². The highest BCUT2D eigenvalue weighted by atomic mass is 16.5. The Hall–Kier alpha value is -1.91. The number of fused-ring (bicyclic) bond motifs is 3. The van der Waals surface area contributed by atoms with Crippen LogP contribution < -0.4 is 4.74 Å². The number of carbonyl (C=O) groups is 1. The molecule has 4 heteroatoms. The fraction of sp³-hybridized carbons (Fsp3) is 0.476. The highest BCUT2D eigenvalue weighted by molar-refractivity contribution is 5.90. The van der Waals surface area contributed by atoms with E-state index < -0.39 is 6.10 Å². The molecule has 0 aromatic heterocycles. The minimum Gasteiger partial charge on any atom is -0.427 e. The third kappa shape index (κ3) is 1.98. The first-order valence-electron chi connectivity index (χ1n) is 9.18. The SMILES string of the molecule is CCC(=O)Oc1ccc2c3c(ccc2c1)[C@]12C[C@H]1C[C@H](O)C2C[C@@H]3O. The summed E-state index contributed by atoms with van der Waals surface area (Å²) >= 11 is 0. The second-order valence-corrected chi connectivity index (χ2v) is 7.84. The third-order valence-corrected chi connectivity index (χ3v) is 6.67. The lowest BCUT2D eigenvalue weighted by atomic mass is 9.70. The summed E-state index contributed by atoms with van der Waals surface area (Å²) < 4.78 is 5.32. The van der Waals surface area contributed by atoms with Crippen molar-refractivity contribution in [1.29, 1.82) is 0 Å². The van der Waals surface area contributed by atoms with Crippen molar-refractivity contribution >= 4 is 16.7 Å². The Kier molecular flexibility index (Phi) is 3.10. The van der Waals surface area contributed by atoms with E-state index in [4.69, 9.17) is 4.74 Å². The fourth-order valence-electron chi connectivity index (χ4n) is 5.51. The third-order valence-electron chi connectivity index (χ3n) is 6.67. The number of rotatable bonds is 2. The standard InChI is InChI=1S/C21H22O4/c1-2-19(24)25-13-4-5-14-11(7-13)3-6-15-20(14)18(23)9-16-17(22)8-12-10-21(12,15)16/h3-7,12,16-18,22-23H,2,8-10H2,1H3/t12-,16?,17+,18+,21+/m1/s1. The summed E-state index contributed by atoms with van der Waals surface area (Å²) in [6.07, 6.45) is 2.14. The molecule has 4 nitrogen and oxygen atoms in total. The topological polar surface area (TPSA) is 66.8 Å². The van der Waals surface area contributed by atoms with Gasteiger partial charge in [0.2, 0.25) is 0 Å². The van der Waals surface area contributed by atoms with Gasteiger partial charge in [-0.3, -0.25) is 4.79 Å². The second-order valence-electron chi connectivity index (χ2n) is 7.84. The molecule has 0 bridgehead atoms. The van der Waals surface area contributed by atoms with E-state index in [-0.39, 0.29) is 23.4 Å². The molecule has 1 spiro atoms. The molecule has 0 radical (unpaired) electrons. The predicted molar refractivity (Wildman–Crippen MR) is 93.3 cm³/mol. The van der Waals surface area contributed by atoms with Gasteiger partial charge in [-0.25, -0.2) is 0 Å². The van der Waals surface area contributed by atoms with Crippen LogP contribution in [0.3, 0.4) is 0 Å². The number of carbonyl (C=O) groups excluding carboxylic acids is 1. The van der Waals surface area contributed by atoms with E-state index >= 15 is 0 Å². The summed E-state index contributed by atoms with van der Waals surface area (Å²) in [6, 6.07) is 9.81. The maximum atomic E-state index is 11.5. The van der Waals surface area contributed by atoms with Crippen LogP contribution in [0.5, 0.6) is 5.75 Å². The van der Waals surface area contributed by atoms with Gasteiger partial charge in [-0.1, -0.05) is 25.1 Å². The van der Waals surface area contributed by atoms with Crippen molar-refractivity contribution in [2.45, 2.75) is 50.2 Å². The molecule has 25 heavy (non-hydrogen) atoms. The van der Waals surface area contributed by atoms with Crippen LogP contribution in [-0.4, -0.2) is 22.3 Å². The van der Waals surface area contributed by atoms with Gasteiger partial charge in [-0.15, -0.1) is 0 Å². The lowest BCUT2D eigenvalue weighted by molar-refractivity contribution is -0.134. The normalized spacial score (nSPS) is 35.0. The van der Waals surface area contributed by atoms with Gasteiger partial charge in [0, 0.05) is 11.8 Å². The van der Waals surface area contributed by atoms with Crippen molar-refractivity contribution in [3.63, 3.8) is 0 Å². The highest BCUT2D eigenvalue weighted by Crippen LogP contribution is 2.71. The van der Waals surface area contributed by atoms with Crippen LogP contribution in [0.1, 0.15) is 49.8 Å². The van der Waals surface area contributed by atoms with Crippen LogP contribution in [-0.2, 0) is 10.2 Å². The minimum atomic E-state index is -0.549. The second kappa shape index (κ2) is 5.05. The van der Waals surface area contributed by atoms with E-state index in [2.05, 4.69) is 12.1 Å². The number of hydrogen-bond donors (Lipinski definition) is 2. The van der Waals surface area contributed by atoms with Gasteiger partial charge in [-0.05, 0) is 65.1 Å². The Morgan fingerprint density at radius 3 is 2.88 bits per heavy atom. The molecule has 3 aliphatic rings. The van der Waals surface area contributed by atoms with Gasteiger partial charge < -0.3 is 14.9 Å². The van der Waals surface area contributed by atoms with Gasteiger partial charge in [0.25, 0.3) is 0 Å². The van der Waals surface area contributed by atoms with Crippen LogP contribution in [0, 0.1) is 11.8 Å². The molecular weight excluding hydrogens is 316 g/mol. The van der Waals surface area contributed by atoms with Crippen LogP contribution in [0.15, 0.2) is 30.3 Å². The smallest absolute Gasteiger partial charge is 0.310 e. The molecule has 2 N–H and O–H groups in total. The number of hydrogen-bond acceptors (Lipinski definition) is 4. The Morgan fingerprint density at radius 1 is 1.24 bits per heavy atom. The average Bonchev–Trinajstić information content (AvgIpc) is 3.23. The molecular formula is C21H22O4. The predicted octanol–water partition coefficient (Wildman–Crippen LogP) is 3.23. The lowest BCUT2D eigenvalue weighted by Gasteiger charge is -2.37. The molecule has 5 atom stereocenters. The molecule has 0 amide bonds. The molecule has 2 aromatic carbocycles. The van der Waals surface area contributed by atoms with Gasteiger partial charge in [-0.2, -0.15) is 0 Å². The molecule has 3 aliphatic carbocycles. The Bertz CT molecular complexity index is 889. The summed E-state index contributed by atoms with van der Waals surface area (Å²) in [7, 11) is 0. The van der Waals surface area contributed by atoms with Gasteiger partial charge in [0.15, 0.2) is 0 Å². The Morgan fingerprint density at radius 2 is 2.08 bits per heavy atom. The average molecular weight is 338 g/mol. The molecule has 5 rings (SSSR count). The van der Waals surface area contributed by atoms with Crippen molar-refractivity contribution in [3.05, 3.63) is 41.5 Å². The summed E-state index contributed by atoms with van der Waals surface area (Å²) in [5.74, 6) is 1.03. The summed E-state index contributed by atoms with van der Waals surface area (Å²) in [5, 5.41) is 23.2. The fourth-order valence-corrected chi connectivity index (χ4v) is 5.51. The van der Waals surface area contributed by atoms with Crippen LogP contribution >= 0.6 is 0 Å². The summed E-state index contributed by atoms with van der Waals surface area (Å²) in [6.45, 7) is 1.77. The van der Waals surface area contributed by atoms with Crippen molar-refractivity contribution in [2.24, 2.45) is 11.8 Å². The first-order chi connectivity index (χ1) is 12.0. The minimum absolute atomic E-state index is 0.0789. The summed E-state index contributed by atoms with van der Waals surface area (Å²) in [5.41, 5.74) is 2.32. The number of aliphatic hydroxyl groups excluding tert-OH is 2.